The van der Waals surface area contributed by atoms with Gasteiger partial charge in [-0.25, -0.2) is 4.98 Å². The van der Waals surface area contributed by atoms with Crippen molar-refractivity contribution in [3.8, 4) is 5.75 Å². The van der Waals surface area contributed by atoms with E-state index >= 15 is 0 Å². The average molecular weight is 275 g/mol. The highest BCUT2D eigenvalue weighted by atomic mass is 16.5. The van der Waals surface area contributed by atoms with E-state index in [1.54, 1.807) is 6.92 Å². The molecule has 0 radical (unpaired) electrons. The fraction of sp³-hybridized carbons (Fsp3) is 0.286. The summed E-state index contributed by atoms with van der Waals surface area (Å²) in [5.74, 6) is 0.801. The number of nitrogens with two attached hydrogens (primary N) is 1. The summed E-state index contributed by atoms with van der Waals surface area (Å²) in [4.78, 5) is 15.8. The van der Waals surface area contributed by atoms with Crippen LogP contribution in [0.2, 0.25) is 0 Å². The quantitative estimate of drug-likeness (QED) is 0.780. The minimum atomic E-state index is -0.335. The van der Waals surface area contributed by atoms with Crippen LogP contribution in [0.5, 0.6) is 5.75 Å². The van der Waals surface area contributed by atoms with Crippen LogP contribution in [-0.4, -0.2) is 24.0 Å². The Balaban J connectivity index is 1.75. The summed E-state index contributed by atoms with van der Waals surface area (Å²) in [5, 5.41) is 2.69. The van der Waals surface area contributed by atoms with Gasteiger partial charge in [0.15, 0.2) is 5.69 Å². The highest BCUT2D eigenvalue weighted by molar-refractivity contribution is 5.91. The smallest absolute Gasteiger partial charge is 0.273 e. The molecule has 0 aliphatic heterocycles. The van der Waals surface area contributed by atoms with E-state index in [0.717, 1.165) is 5.75 Å². The third-order valence-electron chi connectivity index (χ3n) is 2.54. The molecule has 0 saturated heterocycles. The van der Waals surface area contributed by atoms with Crippen LogP contribution >= 0.6 is 0 Å². The Morgan fingerprint density at radius 2 is 2.20 bits per heavy atom. The number of para-hydroxylation sites is 1. The number of nitrogens with one attached hydrogen (secondary N) is 1. The number of aromatic nitrogens is 1. The van der Waals surface area contributed by atoms with Crippen LogP contribution in [0.4, 0.5) is 0 Å². The molecule has 1 heterocycles. The lowest BCUT2D eigenvalue weighted by molar-refractivity contribution is 0.0942. The number of benzene rings is 1. The zero-order valence-electron chi connectivity index (χ0n) is 11.2. The zero-order valence-corrected chi connectivity index (χ0v) is 11.2. The highest BCUT2D eigenvalue weighted by Crippen LogP contribution is 2.09. The van der Waals surface area contributed by atoms with Crippen molar-refractivity contribution in [2.75, 3.05) is 13.2 Å². The first kappa shape index (κ1) is 14.1. The van der Waals surface area contributed by atoms with Crippen molar-refractivity contribution in [1.82, 2.24) is 10.3 Å². The second-order valence-corrected chi connectivity index (χ2v) is 4.28. The Morgan fingerprint density at radius 1 is 1.45 bits per heavy atom. The van der Waals surface area contributed by atoms with Gasteiger partial charge >= 0.3 is 0 Å². The molecule has 1 unspecified atom stereocenters. The van der Waals surface area contributed by atoms with Gasteiger partial charge in [-0.3, -0.25) is 4.79 Å². The van der Waals surface area contributed by atoms with Crippen LogP contribution < -0.4 is 15.8 Å². The van der Waals surface area contributed by atoms with Gasteiger partial charge < -0.3 is 20.2 Å². The molecule has 0 aliphatic rings. The maximum Gasteiger partial charge on any atom is 0.273 e. The molecular formula is C14H17N3O3. The van der Waals surface area contributed by atoms with Crippen LogP contribution in [0.3, 0.4) is 0 Å². The van der Waals surface area contributed by atoms with Crippen molar-refractivity contribution >= 4 is 5.91 Å². The summed E-state index contributed by atoms with van der Waals surface area (Å²) < 4.78 is 10.6. The average Bonchev–Trinajstić information content (AvgIpc) is 2.94. The van der Waals surface area contributed by atoms with Gasteiger partial charge in [-0.05, 0) is 19.1 Å². The molecule has 1 aromatic heterocycles. The first-order valence-electron chi connectivity index (χ1n) is 6.34. The SMILES string of the molecule is CC(N)c1nc(C(=O)NCCOc2ccccc2)co1. The lowest BCUT2D eigenvalue weighted by atomic mass is 10.3. The standard InChI is InChI=1S/C14H17N3O3/c1-10(15)14-17-12(9-20-14)13(18)16-7-8-19-11-5-3-2-4-6-11/h2-6,9-10H,7-8,15H2,1H3,(H,16,18). The van der Waals surface area contributed by atoms with Gasteiger partial charge in [0.2, 0.25) is 5.89 Å². The van der Waals surface area contributed by atoms with E-state index in [0.29, 0.717) is 19.0 Å². The number of carbonyl (C=O) groups excluding carboxylic acids is 1. The van der Waals surface area contributed by atoms with E-state index in [4.69, 9.17) is 14.9 Å². The van der Waals surface area contributed by atoms with Gasteiger partial charge in [0.25, 0.3) is 5.91 Å². The highest BCUT2D eigenvalue weighted by Gasteiger charge is 2.13. The van der Waals surface area contributed by atoms with Crippen molar-refractivity contribution in [2.45, 2.75) is 13.0 Å². The molecule has 6 nitrogen and oxygen atoms in total. The Labute approximate surface area is 116 Å². The number of hydrogen-bond donors (Lipinski definition) is 2. The van der Waals surface area contributed by atoms with Crippen LogP contribution in [0, 0.1) is 0 Å². The molecule has 0 fully saturated rings. The maximum atomic E-state index is 11.8. The molecule has 0 saturated carbocycles. The molecular weight excluding hydrogens is 258 g/mol. The first-order chi connectivity index (χ1) is 9.66. The van der Waals surface area contributed by atoms with Gasteiger partial charge in [0.1, 0.15) is 18.6 Å². The molecule has 1 amide bonds. The molecule has 1 atom stereocenters. The fourth-order valence-corrected chi connectivity index (χ4v) is 1.54. The van der Waals surface area contributed by atoms with Gasteiger partial charge in [0, 0.05) is 0 Å². The Morgan fingerprint density at radius 3 is 2.85 bits per heavy atom. The molecule has 20 heavy (non-hydrogen) atoms. The minimum absolute atomic E-state index is 0.219. The predicted molar refractivity (Wildman–Crippen MR) is 73.4 cm³/mol. The van der Waals surface area contributed by atoms with Crippen molar-refractivity contribution in [3.05, 3.63) is 48.2 Å². The first-order valence-corrected chi connectivity index (χ1v) is 6.34. The Hall–Kier alpha value is -2.34. The predicted octanol–water partition coefficient (Wildman–Crippen LogP) is 1.50. The van der Waals surface area contributed by atoms with Crippen LogP contribution in [-0.2, 0) is 0 Å². The van der Waals surface area contributed by atoms with Gasteiger partial charge in [0.05, 0.1) is 12.6 Å². The Kier molecular flexibility index (Phi) is 4.73. The van der Waals surface area contributed by atoms with E-state index in [1.165, 1.54) is 6.26 Å². The molecule has 0 bridgehead atoms. The molecule has 0 spiro atoms. The number of ether oxygens (including phenoxy) is 1. The molecule has 2 aromatic rings. The molecule has 106 valence electrons. The maximum absolute atomic E-state index is 11.8. The van der Waals surface area contributed by atoms with Crippen LogP contribution in [0.15, 0.2) is 41.0 Å². The lowest BCUT2D eigenvalue weighted by Gasteiger charge is -2.06. The third-order valence-corrected chi connectivity index (χ3v) is 2.54. The van der Waals surface area contributed by atoms with Crippen molar-refractivity contribution in [2.24, 2.45) is 5.73 Å². The second kappa shape index (κ2) is 6.72. The monoisotopic (exact) mass is 275 g/mol. The van der Waals surface area contributed by atoms with Crippen LogP contribution in [0.25, 0.3) is 0 Å². The molecule has 3 N–H and O–H groups in total. The number of hydrogen-bond acceptors (Lipinski definition) is 5. The largest absolute Gasteiger partial charge is 0.492 e. The van der Waals surface area contributed by atoms with Crippen molar-refractivity contribution in [1.29, 1.82) is 0 Å². The van der Waals surface area contributed by atoms with E-state index in [2.05, 4.69) is 10.3 Å². The normalized spacial score (nSPS) is 11.9. The number of nitrogens with zero attached hydrogens (tertiary/aromatic N) is 1. The number of carbonyl (C=O) groups is 1. The summed E-state index contributed by atoms with van der Waals surface area (Å²) >= 11 is 0. The zero-order chi connectivity index (χ0) is 14.4. The van der Waals surface area contributed by atoms with E-state index in [-0.39, 0.29) is 17.6 Å². The summed E-state index contributed by atoms with van der Waals surface area (Å²) in [7, 11) is 0. The number of amides is 1. The van der Waals surface area contributed by atoms with Gasteiger partial charge in [-0.15, -0.1) is 0 Å². The second-order valence-electron chi connectivity index (χ2n) is 4.28. The van der Waals surface area contributed by atoms with Gasteiger partial charge in [-0.2, -0.15) is 0 Å². The molecule has 1 aromatic carbocycles. The van der Waals surface area contributed by atoms with E-state index in [1.807, 2.05) is 30.3 Å². The van der Waals surface area contributed by atoms with E-state index in [9.17, 15) is 4.79 Å². The van der Waals surface area contributed by atoms with Crippen molar-refractivity contribution in [3.63, 3.8) is 0 Å². The number of oxazole rings is 1. The summed E-state index contributed by atoms with van der Waals surface area (Å²) in [6, 6.07) is 9.06. The van der Waals surface area contributed by atoms with Crippen molar-refractivity contribution < 1.29 is 13.9 Å². The fourth-order valence-electron chi connectivity index (χ4n) is 1.54. The van der Waals surface area contributed by atoms with E-state index < -0.39 is 0 Å². The Bertz CT molecular complexity index is 552. The minimum Gasteiger partial charge on any atom is -0.492 e. The molecule has 6 heteroatoms. The molecule has 2 rings (SSSR count). The van der Waals surface area contributed by atoms with Gasteiger partial charge in [-0.1, -0.05) is 18.2 Å². The molecule has 0 aliphatic carbocycles. The lowest BCUT2D eigenvalue weighted by Crippen LogP contribution is -2.28. The summed E-state index contributed by atoms with van der Waals surface area (Å²) in [6.45, 7) is 2.50. The third kappa shape index (κ3) is 3.83. The summed E-state index contributed by atoms with van der Waals surface area (Å²) in [6.07, 6.45) is 1.30. The topological polar surface area (TPSA) is 90.4 Å². The number of rotatable bonds is 6. The van der Waals surface area contributed by atoms with Crippen LogP contribution in [0.1, 0.15) is 29.3 Å². The summed E-state index contributed by atoms with van der Waals surface area (Å²) in [5.41, 5.74) is 5.82.